The minimum atomic E-state index is -3.55. The summed E-state index contributed by atoms with van der Waals surface area (Å²) in [6.45, 7) is 4.48. The summed E-state index contributed by atoms with van der Waals surface area (Å²) in [5.41, 5.74) is 2.00. The van der Waals surface area contributed by atoms with Gasteiger partial charge < -0.3 is 4.74 Å². The highest BCUT2D eigenvalue weighted by atomic mass is 32.2. The van der Waals surface area contributed by atoms with E-state index in [1.165, 1.54) is 11.4 Å². The lowest BCUT2D eigenvalue weighted by atomic mass is 10.0. The smallest absolute Gasteiger partial charge is 0.309 e. The Morgan fingerprint density at radius 1 is 1.29 bits per heavy atom. The van der Waals surface area contributed by atoms with E-state index in [0.29, 0.717) is 19.4 Å². The molecule has 116 valence electrons. The van der Waals surface area contributed by atoms with Crippen LogP contribution in [0.5, 0.6) is 0 Å². The maximum Gasteiger partial charge on any atom is 0.309 e. The van der Waals surface area contributed by atoms with Gasteiger partial charge in [0, 0.05) is 13.1 Å². The Balaban J connectivity index is 2.26. The SMILES string of the molecule is COC(=O)C1CCCN(S(=O)(=O)c2ccc(C)c(C)c2)C1. The number of nitrogens with zero attached hydrogens (tertiary/aromatic N) is 1. The van der Waals surface area contributed by atoms with E-state index < -0.39 is 10.0 Å². The summed E-state index contributed by atoms with van der Waals surface area (Å²) in [7, 11) is -2.22. The number of carbonyl (C=O) groups excluding carboxylic acids is 1. The Labute approximate surface area is 126 Å². The van der Waals surface area contributed by atoms with Crippen molar-refractivity contribution in [2.75, 3.05) is 20.2 Å². The standard InChI is InChI=1S/C15H21NO4S/c1-11-6-7-14(9-12(11)2)21(18,19)16-8-4-5-13(10-16)15(17)20-3/h6-7,9,13H,4-5,8,10H2,1-3H3. The summed E-state index contributed by atoms with van der Waals surface area (Å²) in [5, 5.41) is 0. The first-order valence-corrected chi connectivity index (χ1v) is 8.45. The van der Waals surface area contributed by atoms with E-state index in [4.69, 9.17) is 4.74 Å². The van der Waals surface area contributed by atoms with Crippen molar-refractivity contribution in [2.24, 2.45) is 5.92 Å². The van der Waals surface area contributed by atoms with Crippen LogP contribution in [0.4, 0.5) is 0 Å². The second-order valence-electron chi connectivity index (χ2n) is 5.47. The zero-order valence-corrected chi connectivity index (χ0v) is 13.4. The lowest BCUT2D eigenvalue weighted by Crippen LogP contribution is -2.42. The molecule has 1 unspecified atom stereocenters. The molecule has 1 saturated heterocycles. The van der Waals surface area contributed by atoms with E-state index in [-0.39, 0.29) is 23.3 Å². The van der Waals surface area contributed by atoms with Gasteiger partial charge in [0.25, 0.3) is 0 Å². The van der Waals surface area contributed by atoms with Crippen LogP contribution in [-0.2, 0) is 19.6 Å². The van der Waals surface area contributed by atoms with Gasteiger partial charge in [0.1, 0.15) is 0 Å². The fourth-order valence-corrected chi connectivity index (χ4v) is 4.15. The third-order valence-electron chi connectivity index (χ3n) is 4.03. The first-order valence-electron chi connectivity index (χ1n) is 7.01. The molecule has 21 heavy (non-hydrogen) atoms. The molecule has 1 heterocycles. The fraction of sp³-hybridized carbons (Fsp3) is 0.533. The monoisotopic (exact) mass is 311 g/mol. The van der Waals surface area contributed by atoms with Crippen molar-refractivity contribution in [3.8, 4) is 0 Å². The second-order valence-corrected chi connectivity index (χ2v) is 7.41. The van der Waals surface area contributed by atoms with E-state index in [9.17, 15) is 13.2 Å². The highest BCUT2D eigenvalue weighted by molar-refractivity contribution is 7.89. The molecule has 1 aliphatic rings. The molecule has 1 aromatic rings. The van der Waals surface area contributed by atoms with Gasteiger partial charge in [-0.3, -0.25) is 4.79 Å². The van der Waals surface area contributed by atoms with Gasteiger partial charge in [0.05, 0.1) is 17.9 Å². The van der Waals surface area contributed by atoms with Crippen LogP contribution in [0.25, 0.3) is 0 Å². The van der Waals surface area contributed by atoms with Gasteiger partial charge in [-0.15, -0.1) is 0 Å². The molecule has 0 aromatic heterocycles. The first kappa shape index (κ1) is 16.0. The van der Waals surface area contributed by atoms with Crippen molar-refractivity contribution in [1.82, 2.24) is 4.31 Å². The summed E-state index contributed by atoms with van der Waals surface area (Å²) >= 11 is 0. The molecule has 0 aliphatic carbocycles. The average molecular weight is 311 g/mol. The Hall–Kier alpha value is -1.40. The van der Waals surface area contributed by atoms with E-state index in [1.807, 2.05) is 19.9 Å². The van der Waals surface area contributed by atoms with E-state index in [0.717, 1.165) is 11.1 Å². The predicted molar refractivity (Wildman–Crippen MR) is 79.4 cm³/mol. The summed E-state index contributed by atoms with van der Waals surface area (Å²) in [5.74, 6) is -0.708. The van der Waals surface area contributed by atoms with Crippen LogP contribution in [0.1, 0.15) is 24.0 Å². The Kier molecular flexibility index (Phi) is 4.68. The van der Waals surface area contributed by atoms with Crippen LogP contribution in [0.3, 0.4) is 0 Å². The number of piperidine rings is 1. The molecule has 5 nitrogen and oxygen atoms in total. The van der Waals surface area contributed by atoms with Gasteiger partial charge >= 0.3 is 5.97 Å². The summed E-state index contributed by atoms with van der Waals surface area (Å²) in [4.78, 5) is 11.9. The van der Waals surface area contributed by atoms with Gasteiger partial charge in [0.15, 0.2) is 0 Å². The average Bonchev–Trinajstić information content (AvgIpc) is 2.49. The van der Waals surface area contributed by atoms with Gasteiger partial charge in [-0.2, -0.15) is 4.31 Å². The van der Waals surface area contributed by atoms with Crippen molar-refractivity contribution in [3.63, 3.8) is 0 Å². The van der Waals surface area contributed by atoms with Crippen LogP contribution >= 0.6 is 0 Å². The molecule has 1 aromatic carbocycles. The van der Waals surface area contributed by atoms with E-state index in [2.05, 4.69) is 0 Å². The van der Waals surface area contributed by atoms with Crippen LogP contribution < -0.4 is 0 Å². The lowest BCUT2D eigenvalue weighted by molar-refractivity contribution is -0.146. The van der Waals surface area contributed by atoms with Crippen LogP contribution in [0, 0.1) is 19.8 Å². The largest absolute Gasteiger partial charge is 0.469 e. The maximum atomic E-state index is 12.7. The summed E-state index contributed by atoms with van der Waals surface area (Å²) in [6, 6.07) is 5.12. The van der Waals surface area contributed by atoms with Crippen LogP contribution in [0.15, 0.2) is 23.1 Å². The minimum absolute atomic E-state index is 0.196. The van der Waals surface area contributed by atoms with Crippen LogP contribution in [-0.4, -0.2) is 38.9 Å². The zero-order valence-electron chi connectivity index (χ0n) is 12.6. The summed E-state index contributed by atoms with van der Waals surface area (Å²) in [6.07, 6.45) is 1.34. The Morgan fingerprint density at radius 3 is 2.62 bits per heavy atom. The van der Waals surface area contributed by atoms with Crippen molar-refractivity contribution < 1.29 is 17.9 Å². The van der Waals surface area contributed by atoms with Crippen molar-refractivity contribution >= 4 is 16.0 Å². The van der Waals surface area contributed by atoms with Crippen molar-refractivity contribution in [3.05, 3.63) is 29.3 Å². The molecule has 0 radical (unpaired) electrons. The molecule has 0 amide bonds. The maximum absolute atomic E-state index is 12.7. The molecular formula is C15H21NO4S. The molecule has 0 bridgehead atoms. The highest BCUT2D eigenvalue weighted by Gasteiger charge is 2.33. The van der Waals surface area contributed by atoms with Gasteiger partial charge in [-0.25, -0.2) is 8.42 Å². The normalized spacial score (nSPS) is 20.2. The van der Waals surface area contributed by atoms with E-state index in [1.54, 1.807) is 12.1 Å². The topological polar surface area (TPSA) is 63.7 Å². The molecule has 0 N–H and O–H groups in total. The molecule has 0 saturated carbocycles. The number of rotatable bonds is 3. The number of sulfonamides is 1. The number of aryl methyl sites for hydroxylation is 2. The Bertz CT molecular complexity index is 639. The third-order valence-corrected chi connectivity index (χ3v) is 5.90. The van der Waals surface area contributed by atoms with Gasteiger partial charge in [-0.05, 0) is 49.9 Å². The number of benzene rings is 1. The van der Waals surface area contributed by atoms with Crippen molar-refractivity contribution in [2.45, 2.75) is 31.6 Å². The zero-order chi connectivity index (χ0) is 15.6. The molecule has 1 fully saturated rings. The van der Waals surface area contributed by atoms with Gasteiger partial charge in [-0.1, -0.05) is 6.07 Å². The minimum Gasteiger partial charge on any atom is -0.469 e. The number of hydrogen-bond donors (Lipinski definition) is 0. The molecule has 1 atom stereocenters. The molecule has 0 spiro atoms. The quantitative estimate of drug-likeness (QED) is 0.800. The number of methoxy groups -OCH3 is 1. The highest BCUT2D eigenvalue weighted by Crippen LogP contribution is 2.25. The predicted octanol–water partition coefficient (Wildman–Crippen LogP) is 1.88. The number of esters is 1. The second kappa shape index (κ2) is 6.15. The summed E-state index contributed by atoms with van der Waals surface area (Å²) < 4.78 is 31.5. The molecule has 6 heteroatoms. The number of hydrogen-bond acceptors (Lipinski definition) is 4. The molecule has 2 rings (SSSR count). The van der Waals surface area contributed by atoms with Crippen molar-refractivity contribution in [1.29, 1.82) is 0 Å². The van der Waals surface area contributed by atoms with E-state index >= 15 is 0 Å². The third kappa shape index (κ3) is 3.27. The van der Waals surface area contributed by atoms with Crippen LogP contribution in [0.2, 0.25) is 0 Å². The number of carbonyl (C=O) groups is 1. The van der Waals surface area contributed by atoms with Gasteiger partial charge in [0.2, 0.25) is 10.0 Å². The lowest BCUT2D eigenvalue weighted by Gasteiger charge is -2.30. The number of ether oxygens (including phenoxy) is 1. The first-order chi connectivity index (χ1) is 9.86. The fourth-order valence-electron chi connectivity index (χ4n) is 2.54. The Morgan fingerprint density at radius 2 is 2.00 bits per heavy atom. The molecule has 1 aliphatic heterocycles. The molecular weight excluding hydrogens is 290 g/mol.